The van der Waals surface area contributed by atoms with E-state index in [0.717, 1.165) is 25.2 Å². The van der Waals surface area contributed by atoms with E-state index >= 15 is 0 Å². The molecule has 3 heterocycles. The zero-order valence-electron chi connectivity index (χ0n) is 16.1. The van der Waals surface area contributed by atoms with Gasteiger partial charge in [-0.2, -0.15) is 0 Å². The first-order valence-corrected chi connectivity index (χ1v) is 9.64. The van der Waals surface area contributed by atoms with Crippen LogP contribution in [0.25, 0.3) is 11.0 Å². The molecule has 0 spiro atoms. The van der Waals surface area contributed by atoms with Crippen LogP contribution in [-0.4, -0.2) is 46.9 Å². The molecule has 1 aromatic carbocycles. The predicted octanol–water partition coefficient (Wildman–Crippen LogP) is 3.08. The third-order valence-electron chi connectivity index (χ3n) is 5.45. The highest BCUT2D eigenvalue weighted by molar-refractivity contribution is 5.99. The van der Waals surface area contributed by atoms with E-state index in [1.54, 1.807) is 35.5 Å². The molecule has 28 heavy (non-hydrogen) atoms. The van der Waals surface area contributed by atoms with E-state index < -0.39 is 6.04 Å². The zero-order chi connectivity index (χ0) is 19.7. The number of pyridine rings is 1. The monoisotopic (exact) mass is 377 g/mol. The third kappa shape index (κ3) is 2.99. The van der Waals surface area contributed by atoms with Crippen molar-refractivity contribution >= 4 is 16.9 Å². The molecule has 0 aliphatic carbocycles. The zero-order valence-corrected chi connectivity index (χ0v) is 16.1. The summed E-state index contributed by atoms with van der Waals surface area (Å²) in [5.74, 6) is -0.0723. The number of para-hydroxylation sites is 1. The van der Waals surface area contributed by atoms with Crippen LogP contribution >= 0.6 is 0 Å². The van der Waals surface area contributed by atoms with E-state index in [2.05, 4.69) is 23.7 Å². The van der Waals surface area contributed by atoms with Crippen LogP contribution in [0.3, 0.4) is 0 Å². The van der Waals surface area contributed by atoms with E-state index in [1.165, 1.54) is 0 Å². The summed E-state index contributed by atoms with van der Waals surface area (Å²) >= 11 is 0. The van der Waals surface area contributed by atoms with E-state index in [0.29, 0.717) is 23.1 Å². The fourth-order valence-electron chi connectivity index (χ4n) is 3.88. The summed E-state index contributed by atoms with van der Waals surface area (Å²) in [5, 5.41) is 0.499. The van der Waals surface area contributed by atoms with E-state index in [4.69, 9.17) is 4.42 Å². The lowest BCUT2D eigenvalue weighted by Crippen LogP contribution is -2.37. The lowest BCUT2D eigenvalue weighted by atomic mass is 9.99. The number of aromatic nitrogens is 1. The number of benzene rings is 1. The summed E-state index contributed by atoms with van der Waals surface area (Å²) in [7, 11) is 0. The van der Waals surface area contributed by atoms with Crippen molar-refractivity contribution in [2.75, 3.05) is 26.2 Å². The van der Waals surface area contributed by atoms with Crippen molar-refractivity contribution in [2.24, 2.45) is 0 Å². The van der Waals surface area contributed by atoms with Gasteiger partial charge in [-0.05, 0) is 42.9 Å². The molecule has 0 bridgehead atoms. The molecule has 6 heteroatoms. The molecule has 4 rings (SSSR count). The Bertz CT molecular complexity index is 1060. The minimum absolute atomic E-state index is 0.141. The number of rotatable bonds is 6. The van der Waals surface area contributed by atoms with Crippen LogP contribution in [0.1, 0.15) is 41.6 Å². The lowest BCUT2D eigenvalue weighted by molar-refractivity contribution is 0.0708. The Hall–Kier alpha value is -2.99. The molecule has 0 N–H and O–H groups in total. The van der Waals surface area contributed by atoms with E-state index in [9.17, 15) is 9.59 Å². The van der Waals surface area contributed by atoms with Gasteiger partial charge in [0.25, 0.3) is 5.91 Å². The van der Waals surface area contributed by atoms with Crippen molar-refractivity contribution in [2.45, 2.75) is 19.9 Å². The van der Waals surface area contributed by atoms with Crippen LogP contribution in [0.4, 0.5) is 0 Å². The number of hydrogen-bond acceptors (Lipinski definition) is 5. The molecule has 1 aliphatic rings. The Balaban J connectivity index is 1.85. The molecule has 1 atom stereocenters. The van der Waals surface area contributed by atoms with Gasteiger partial charge < -0.3 is 14.2 Å². The van der Waals surface area contributed by atoms with Crippen LogP contribution < -0.4 is 5.43 Å². The van der Waals surface area contributed by atoms with Gasteiger partial charge in [0, 0.05) is 25.5 Å². The molecule has 0 radical (unpaired) electrons. The fourth-order valence-corrected chi connectivity index (χ4v) is 3.88. The maximum atomic E-state index is 13.3. The topological polar surface area (TPSA) is 66.7 Å². The van der Waals surface area contributed by atoms with E-state index in [1.807, 2.05) is 18.2 Å². The molecule has 3 aromatic rings. The number of carbonyl (C=O) groups is 1. The van der Waals surface area contributed by atoms with Crippen LogP contribution in [0, 0.1) is 0 Å². The minimum Gasteiger partial charge on any atom is -0.450 e. The summed E-state index contributed by atoms with van der Waals surface area (Å²) in [6, 6.07) is 10.3. The normalized spacial score (nSPS) is 16.2. The SMILES string of the molecule is CCN(CC)CCN1C(=O)c2oc3ccccc3c(=O)c2[C@H]1c1ccncc1. The van der Waals surface area contributed by atoms with Gasteiger partial charge in [-0.25, -0.2) is 0 Å². The number of hydrogen-bond donors (Lipinski definition) is 0. The van der Waals surface area contributed by atoms with Gasteiger partial charge >= 0.3 is 0 Å². The lowest BCUT2D eigenvalue weighted by Gasteiger charge is -2.28. The second-order valence-corrected chi connectivity index (χ2v) is 6.88. The van der Waals surface area contributed by atoms with Crippen LogP contribution in [0.5, 0.6) is 0 Å². The van der Waals surface area contributed by atoms with Gasteiger partial charge in [0.15, 0.2) is 5.43 Å². The molecule has 1 aliphatic heterocycles. The highest BCUT2D eigenvalue weighted by Crippen LogP contribution is 2.37. The molecule has 0 saturated carbocycles. The summed E-state index contributed by atoms with van der Waals surface area (Å²) in [6.07, 6.45) is 3.37. The summed E-state index contributed by atoms with van der Waals surface area (Å²) in [6.45, 7) is 7.28. The Morgan fingerprint density at radius 3 is 2.50 bits per heavy atom. The van der Waals surface area contributed by atoms with Crippen molar-refractivity contribution in [3.05, 3.63) is 75.9 Å². The van der Waals surface area contributed by atoms with Crippen LogP contribution in [0.2, 0.25) is 0 Å². The average Bonchev–Trinajstić information content (AvgIpc) is 3.02. The molecular formula is C22H23N3O3. The highest BCUT2D eigenvalue weighted by atomic mass is 16.3. The van der Waals surface area contributed by atoms with Crippen molar-refractivity contribution in [3.8, 4) is 0 Å². The number of carbonyl (C=O) groups excluding carboxylic acids is 1. The standard InChI is InChI=1S/C22H23N3O3/c1-3-24(4-2)13-14-25-19(15-9-11-23-12-10-15)18-20(26)16-7-5-6-8-17(16)28-21(18)22(25)27/h5-12,19H,3-4,13-14H2,1-2H3/t19-/m1/s1. The third-order valence-corrected chi connectivity index (χ3v) is 5.45. The van der Waals surface area contributed by atoms with Crippen molar-refractivity contribution in [3.63, 3.8) is 0 Å². The fraction of sp³-hybridized carbons (Fsp3) is 0.318. The first-order valence-electron chi connectivity index (χ1n) is 9.64. The Labute approximate surface area is 163 Å². The Morgan fingerprint density at radius 1 is 1.07 bits per heavy atom. The smallest absolute Gasteiger partial charge is 0.290 e. The second-order valence-electron chi connectivity index (χ2n) is 6.88. The number of amides is 1. The maximum Gasteiger partial charge on any atom is 0.290 e. The van der Waals surface area contributed by atoms with Crippen LogP contribution in [-0.2, 0) is 0 Å². The molecule has 144 valence electrons. The molecule has 6 nitrogen and oxygen atoms in total. The van der Waals surface area contributed by atoms with Gasteiger partial charge in [-0.1, -0.05) is 26.0 Å². The maximum absolute atomic E-state index is 13.3. The number of fused-ring (bicyclic) bond motifs is 2. The van der Waals surface area contributed by atoms with Gasteiger partial charge in [0.05, 0.1) is 17.0 Å². The molecule has 0 unspecified atom stereocenters. The molecular weight excluding hydrogens is 354 g/mol. The van der Waals surface area contributed by atoms with Gasteiger partial charge in [-0.3, -0.25) is 14.6 Å². The largest absolute Gasteiger partial charge is 0.450 e. The van der Waals surface area contributed by atoms with Gasteiger partial charge in [-0.15, -0.1) is 0 Å². The summed E-state index contributed by atoms with van der Waals surface area (Å²) in [4.78, 5) is 34.6. The Kier molecular flexibility index (Phi) is 4.96. The van der Waals surface area contributed by atoms with E-state index in [-0.39, 0.29) is 17.1 Å². The predicted molar refractivity (Wildman–Crippen MR) is 107 cm³/mol. The molecule has 0 saturated heterocycles. The van der Waals surface area contributed by atoms with Crippen molar-refractivity contribution in [1.29, 1.82) is 0 Å². The van der Waals surface area contributed by atoms with Crippen LogP contribution in [0.15, 0.2) is 58.0 Å². The van der Waals surface area contributed by atoms with Gasteiger partial charge in [0.1, 0.15) is 5.58 Å². The van der Waals surface area contributed by atoms with Crippen molar-refractivity contribution in [1.82, 2.24) is 14.8 Å². The molecule has 2 aromatic heterocycles. The number of nitrogens with zero attached hydrogens (tertiary/aromatic N) is 3. The Morgan fingerprint density at radius 2 is 1.79 bits per heavy atom. The average molecular weight is 377 g/mol. The highest BCUT2D eigenvalue weighted by Gasteiger charge is 2.42. The number of likely N-dealkylation sites (N-methyl/N-ethyl adjacent to an activating group) is 1. The van der Waals surface area contributed by atoms with Gasteiger partial charge in [0.2, 0.25) is 5.76 Å². The molecule has 0 fully saturated rings. The first-order chi connectivity index (χ1) is 13.7. The summed E-state index contributed by atoms with van der Waals surface area (Å²) < 4.78 is 5.92. The quantitative estimate of drug-likeness (QED) is 0.660. The van der Waals surface area contributed by atoms with Crippen molar-refractivity contribution < 1.29 is 9.21 Å². The summed E-state index contributed by atoms with van der Waals surface area (Å²) in [5.41, 5.74) is 1.59. The first kappa shape index (κ1) is 18.4. The minimum atomic E-state index is -0.457. The second kappa shape index (κ2) is 7.56. The molecule has 1 amide bonds.